The predicted octanol–water partition coefficient (Wildman–Crippen LogP) is 3.07. The summed E-state index contributed by atoms with van der Waals surface area (Å²) < 4.78 is 5.17. The van der Waals surface area contributed by atoms with E-state index in [-0.39, 0.29) is 6.54 Å². The van der Waals surface area contributed by atoms with Gasteiger partial charge in [-0.3, -0.25) is 10.1 Å². The monoisotopic (exact) mass is 304 g/mol. The van der Waals surface area contributed by atoms with E-state index >= 15 is 0 Å². The van der Waals surface area contributed by atoms with Gasteiger partial charge in [0.15, 0.2) is 0 Å². The molecule has 0 fully saturated rings. The third kappa shape index (κ3) is 5.36. The van der Waals surface area contributed by atoms with Gasteiger partial charge in [-0.05, 0) is 32.0 Å². The molecule has 5 nitrogen and oxygen atoms in total. The highest BCUT2D eigenvalue weighted by Gasteiger charge is 2.22. The van der Waals surface area contributed by atoms with Gasteiger partial charge in [-0.25, -0.2) is 4.79 Å². The molecule has 19 heavy (non-hydrogen) atoms. The van der Waals surface area contributed by atoms with Crippen LogP contribution < -0.4 is 10.6 Å². The lowest BCUT2D eigenvalue weighted by molar-refractivity contribution is -0.110. The molecule has 0 saturated carbocycles. The van der Waals surface area contributed by atoms with Crippen LogP contribution in [0.15, 0.2) is 18.2 Å². The van der Waals surface area contributed by atoms with Gasteiger partial charge in [-0.15, -0.1) is 0 Å². The number of rotatable bonds is 5. The van der Waals surface area contributed by atoms with E-state index in [2.05, 4.69) is 10.6 Å². The fraction of sp³-hybridized carbons (Fsp3) is 0.333. The van der Waals surface area contributed by atoms with Crippen LogP contribution in [0.3, 0.4) is 0 Å². The molecule has 1 rings (SSSR count). The van der Waals surface area contributed by atoms with Crippen LogP contribution in [0.4, 0.5) is 10.5 Å². The quantitative estimate of drug-likeness (QED) is 0.822. The van der Waals surface area contributed by atoms with E-state index in [4.69, 9.17) is 27.9 Å². The van der Waals surface area contributed by atoms with Crippen LogP contribution in [-0.2, 0) is 9.53 Å². The minimum Gasteiger partial charge on any atom is -0.441 e. The highest BCUT2D eigenvalue weighted by atomic mass is 35.5. The van der Waals surface area contributed by atoms with Crippen LogP contribution in [0, 0.1) is 0 Å². The topological polar surface area (TPSA) is 67.4 Å². The Morgan fingerprint density at radius 1 is 1.37 bits per heavy atom. The number of hydrogen-bond donors (Lipinski definition) is 2. The van der Waals surface area contributed by atoms with Crippen molar-refractivity contribution in [1.82, 2.24) is 5.32 Å². The van der Waals surface area contributed by atoms with Crippen LogP contribution in [0.5, 0.6) is 0 Å². The predicted molar refractivity (Wildman–Crippen MR) is 74.7 cm³/mol. The Morgan fingerprint density at radius 2 is 2.05 bits per heavy atom. The molecular weight excluding hydrogens is 291 g/mol. The fourth-order valence-electron chi connectivity index (χ4n) is 1.29. The summed E-state index contributed by atoms with van der Waals surface area (Å²) in [5.74, 6) is 0. The molecule has 0 heterocycles. The van der Waals surface area contributed by atoms with Crippen molar-refractivity contribution >= 4 is 41.4 Å². The average Bonchev–Trinajstić information content (AvgIpc) is 2.30. The van der Waals surface area contributed by atoms with Crippen molar-refractivity contribution in [3.63, 3.8) is 0 Å². The summed E-state index contributed by atoms with van der Waals surface area (Å²) in [5.41, 5.74) is -0.347. The van der Waals surface area contributed by atoms with Gasteiger partial charge in [0, 0.05) is 5.69 Å². The largest absolute Gasteiger partial charge is 0.441 e. The molecule has 0 saturated heterocycles. The van der Waals surface area contributed by atoms with Crippen LogP contribution in [0.25, 0.3) is 0 Å². The second kappa shape index (κ2) is 6.63. The Balaban J connectivity index is 2.59. The molecule has 104 valence electrons. The molecule has 7 heteroatoms. The first-order chi connectivity index (χ1) is 8.84. The van der Waals surface area contributed by atoms with Gasteiger partial charge in [0.1, 0.15) is 5.60 Å². The van der Waals surface area contributed by atoms with Crippen molar-refractivity contribution in [1.29, 1.82) is 0 Å². The van der Waals surface area contributed by atoms with E-state index in [0.717, 1.165) is 0 Å². The van der Waals surface area contributed by atoms with Crippen molar-refractivity contribution in [2.24, 2.45) is 0 Å². The van der Waals surface area contributed by atoms with Crippen LogP contribution >= 0.6 is 23.2 Å². The maximum Gasteiger partial charge on any atom is 0.412 e. The smallest absolute Gasteiger partial charge is 0.412 e. The van der Waals surface area contributed by atoms with Gasteiger partial charge >= 0.3 is 6.09 Å². The number of nitrogens with one attached hydrogen (secondary N) is 2. The minimum absolute atomic E-state index is 0.214. The molecule has 0 radical (unpaired) electrons. The highest BCUT2D eigenvalue weighted by molar-refractivity contribution is 6.42. The minimum atomic E-state index is -0.818. The maximum absolute atomic E-state index is 11.7. The number of amides is 2. The van der Waals surface area contributed by atoms with Crippen LogP contribution in [0.2, 0.25) is 10.0 Å². The number of ether oxygens (including phenoxy) is 1. The number of carbonyl (C=O) groups excluding carboxylic acids is 2. The van der Waals surface area contributed by atoms with Gasteiger partial charge in [-0.2, -0.15) is 0 Å². The van der Waals surface area contributed by atoms with Gasteiger partial charge in [0.25, 0.3) is 0 Å². The zero-order valence-corrected chi connectivity index (χ0v) is 12.0. The molecular formula is C12H14Cl2N2O3. The molecule has 0 spiro atoms. The maximum atomic E-state index is 11.7. The Bertz CT molecular complexity index is 478. The van der Waals surface area contributed by atoms with Crippen molar-refractivity contribution < 1.29 is 14.3 Å². The van der Waals surface area contributed by atoms with Crippen LogP contribution in [0.1, 0.15) is 13.8 Å². The van der Waals surface area contributed by atoms with Gasteiger partial charge < -0.3 is 10.1 Å². The third-order valence-corrected chi connectivity index (χ3v) is 2.89. The lowest BCUT2D eigenvalue weighted by Gasteiger charge is -2.24. The van der Waals surface area contributed by atoms with E-state index in [9.17, 15) is 9.59 Å². The molecule has 0 aliphatic heterocycles. The zero-order valence-electron chi connectivity index (χ0n) is 10.5. The summed E-state index contributed by atoms with van der Waals surface area (Å²) in [7, 11) is 0. The molecule has 0 unspecified atom stereocenters. The summed E-state index contributed by atoms with van der Waals surface area (Å²) in [4.78, 5) is 21.9. The Labute approximate surface area is 121 Å². The average molecular weight is 305 g/mol. The van der Waals surface area contributed by atoms with Gasteiger partial charge in [0.2, 0.25) is 6.41 Å². The van der Waals surface area contributed by atoms with Gasteiger partial charge in [-0.1, -0.05) is 23.2 Å². The molecule has 0 aliphatic rings. The van der Waals surface area contributed by atoms with Gasteiger partial charge in [0.05, 0.1) is 16.6 Å². The molecule has 0 atom stereocenters. The second-order valence-corrected chi connectivity index (χ2v) is 5.22. The molecule has 0 aromatic heterocycles. The highest BCUT2D eigenvalue weighted by Crippen LogP contribution is 2.25. The standard InChI is InChI=1S/C12H14Cl2N2O3/c1-12(2,6-15-7-17)19-11(18)16-8-3-4-9(13)10(14)5-8/h3-5,7H,6H2,1-2H3,(H,15,17)(H,16,18). The second-order valence-electron chi connectivity index (χ2n) is 4.40. The Morgan fingerprint density at radius 3 is 2.63 bits per heavy atom. The lowest BCUT2D eigenvalue weighted by Crippen LogP contribution is -2.40. The molecule has 2 amide bonds. The Hall–Kier alpha value is -1.46. The molecule has 0 aliphatic carbocycles. The summed E-state index contributed by atoms with van der Waals surface area (Å²) >= 11 is 11.6. The number of anilines is 1. The number of benzene rings is 1. The first-order valence-electron chi connectivity index (χ1n) is 5.46. The first-order valence-corrected chi connectivity index (χ1v) is 6.22. The van der Waals surface area contributed by atoms with E-state index in [1.54, 1.807) is 26.0 Å². The molecule has 1 aromatic carbocycles. The SMILES string of the molecule is CC(C)(CNC=O)OC(=O)Nc1ccc(Cl)c(Cl)c1. The van der Waals surface area contributed by atoms with Crippen molar-refractivity contribution in [2.75, 3.05) is 11.9 Å². The number of halogens is 2. The lowest BCUT2D eigenvalue weighted by atomic mass is 10.1. The van der Waals surface area contributed by atoms with Crippen molar-refractivity contribution in [2.45, 2.75) is 19.4 Å². The first kappa shape index (κ1) is 15.6. The van der Waals surface area contributed by atoms with E-state index in [0.29, 0.717) is 22.1 Å². The molecule has 2 N–H and O–H groups in total. The zero-order chi connectivity index (χ0) is 14.5. The van der Waals surface area contributed by atoms with Crippen molar-refractivity contribution in [3.05, 3.63) is 28.2 Å². The fourth-order valence-corrected chi connectivity index (χ4v) is 1.59. The molecule has 0 bridgehead atoms. The summed E-state index contributed by atoms with van der Waals surface area (Å²) in [6.45, 7) is 3.57. The number of hydrogen-bond acceptors (Lipinski definition) is 3. The van der Waals surface area contributed by atoms with Crippen molar-refractivity contribution in [3.8, 4) is 0 Å². The Kier molecular flexibility index (Phi) is 5.44. The third-order valence-electron chi connectivity index (χ3n) is 2.15. The van der Waals surface area contributed by atoms with E-state index in [1.807, 2.05) is 0 Å². The number of carbonyl (C=O) groups is 2. The normalized spacial score (nSPS) is 10.7. The summed E-state index contributed by atoms with van der Waals surface area (Å²) in [6, 6.07) is 4.69. The van der Waals surface area contributed by atoms with E-state index in [1.165, 1.54) is 6.07 Å². The molecule has 1 aromatic rings. The van der Waals surface area contributed by atoms with E-state index < -0.39 is 11.7 Å². The summed E-state index contributed by atoms with van der Waals surface area (Å²) in [6.07, 6.45) is -0.0989. The summed E-state index contributed by atoms with van der Waals surface area (Å²) in [5, 5.41) is 5.71. The van der Waals surface area contributed by atoms with Crippen LogP contribution in [-0.4, -0.2) is 24.6 Å².